The van der Waals surface area contributed by atoms with Gasteiger partial charge in [-0.1, -0.05) is 18.2 Å². The Bertz CT molecular complexity index is 579. The van der Waals surface area contributed by atoms with Gasteiger partial charge in [-0.2, -0.15) is 0 Å². The topological polar surface area (TPSA) is 47.3 Å². The predicted octanol–water partition coefficient (Wildman–Crippen LogP) is 3.51. The molecule has 0 aromatic heterocycles. The minimum Gasteiger partial charge on any atom is -0.496 e. The van der Waals surface area contributed by atoms with E-state index in [1.54, 1.807) is 7.11 Å². The van der Waals surface area contributed by atoms with Crippen molar-refractivity contribution in [3.8, 4) is 5.75 Å². The molecule has 3 nitrogen and oxygen atoms in total. The highest BCUT2D eigenvalue weighted by Gasteiger charge is 2.05. The fourth-order valence-electron chi connectivity index (χ4n) is 2.11. The van der Waals surface area contributed by atoms with Gasteiger partial charge in [-0.3, -0.25) is 0 Å². The van der Waals surface area contributed by atoms with Crippen molar-refractivity contribution in [3.63, 3.8) is 0 Å². The molecule has 0 amide bonds. The van der Waals surface area contributed by atoms with E-state index < -0.39 is 0 Å². The quantitative estimate of drug-likeness (QED) is 0.823. The second kappa shape index (κ2) is 5.65. The molecule has 0 atom stereocenters. The predicted molar refractivity (Wildman–Crippen MR) is 80.6 cm³/mol. The summed E-state index contributed by atoms with van der Waals surface area (Å²) < 4.78 is 5.32. The van der Waals surface area contributed by atoms with Crippen molar-refractivity contribution in [2.24, 2.45) is 0 Å². The number of nitrogens with two attached hydrogens (primary N) is 1. The van der Waals surface area contributed by atoms with Gasteiger partial charge in [-0.15, -0.1) is 0 Å². The van der Waals surface area contributed by atoms with Crippen molar-refractivity contribution in [1.82, 2.24) is 0 Å². The number of benzene rings is 2. The summed E-state index contributed by atoms with van der Waals surface area (Å²) in [4.78, 5) is 0. The summed E-state index contributed by atoms with van der Waals surface area (Å²) in [5.41, 5.74) is 11.3. The Morgan fingerprint density at radius 1 is 1.11 bits per heavy atom. The molecule has 0 aliphatic carbocycles. The molecule has 0 unspecified atom stereocenters. The molecule has 0 bridgehead atoms. The van der Waals surface area contributed by atoms with Gasteiger partial charge in [0.05, 0.1) is 18.5 Å². The third-order valence-corrected chi connectivity index (χ3v) is 3.28. The number of nitrogens with one attached hydrogen (secondary N) is 1. The van der Waals surface area contributed by atoms with E-state index in [0.29, 0.717) is 0 Å². The molecule has 19 heavy (non-hydrogen) atoms. The highest BCUT2D eigenvalue weighted by molar-refractivity contribution is 5.65. The van der Waals surface area contributed by atoms with Crippen molar-refractivity contribution in [2.45, 2.75) is 20.4 Å². The van der Waals surface area contributed by atoms with E-state index in [4.69, 9.17) is 10.5 Å². The van der Waals surface area contributed by atoms with Crippen LogP contribution in [-0.2, 0) is 6.54 Å². The van der Waals surface area contributed by atoms with E-state index >= 15 is 0 Å². The van der Waals surface area contributed by atoms with Gasteiger partial charge in [0.25, 0.3) is 0 Å². The number of rotatable bonds is 4. The van der Waals surface area contributed by atoms with Crippen LogP contribution in [0.2, 0.25) is 0 Å². The molecule has 2 aromatic carbocycles. The van der Waals surface area contributed by atoms with E-state index in [1.165, 1.54) is 11.1 Å². The summed E-state index contributed by atoms with van der Waals surface area (Å²) in [6, 6.07) is 12.0. The summed E-state index contributed by atoms with van der Waals surface area (Å²) in [6.07, 6.45) is 0. The van der Waals surface area contributed by atoms with E-state index in [2.05, 4.69) is 31.3 Å². The van der Waals surface area contributed by atoms with Gasteiger partial charge < -0.3 is 15.8 Å². The van der Waals surface area contributed by atoms with Gasteiger partial charge in [0.2, 0.25) is 0 Å². The maximum absolute atomic E-state index is 5.92. The Kier molecular flexibility index (Phi) is 3.95. The van der Waals surface area contributed by atoms with Crippen molar-refractivity contribution in [1.29, 1.82) is 0 Å². The molecule has 0 heterocycles. The Morgan fingerprint density at radius 3 is 2.53 bits per heavy atom. The highest BCUT2D eigenvalue weighted by Crippen LogP contribution is 2.24. The third kappa shape index (κ3) is 2.99. The van der Waals surface area contributed by atoms with Gasteiger partial charge in [0.15, 0.2) is 0 Å². The fraction of sp³-hybridized carbons (Fsp3) is 0.250. The summed E-state index contributed by atoms with van der Waals surface area (Å²) in [5, 5.41) is 3.37. The first-order valence-electron chi connectivity index (χ1n) is 6.34. The maximum atomic E-state index is 5.92. The lowest BCUT2D eigenvalue weighted by atomic mass is 10.0. The lowest BCUT2D eigenvalue weighted by molar-refractivity contribution is 0.411. The molecule has 2 aromatic rings. The number of hydrogen-bond donors (Lipinski definition) is 2. The highest BCUT2D eigenvalue weighted by atomic mass is 16.5. The van der Waals surface area contributed by atoms with Gasteiger partial charge >= 0.3 is 0 Å². The number of methoxy groups -OCH3 is 1. The van der Waals surface area contributed by atoms with Crippen LogP contribution < -0.4 is 15.8 Å². The third-order valence-electron chi connectivity index (χ3n) is 3.28. The number of aryl methyl sites for hydroxylation is 2. The normalized spacial score (nSPS) is 10.3. The number of para-hydroxylation sites is 2. The van der Waals surface area contributed by atoms with Crippen LogP contribution in [0.25, 0.3) is 0 Å². The lowest BCUT2D eigenvalue weighted by Gasteiger charge is -2.13. The van der Waals surface area contributed by atoms with Crippen molar-refractivity contribution in [2.75, 3.05) is 18.2 Å². The van der Waals surface area contributed by atoms with E-state index in [-0.39, 0.29) is 0 Å². The molecule has 2 rings (SSSR count). The Hall–Kier alpha value is -2.16. The number of anilines is 2. The van der Waals surface area contributed by atoms with Crippen molar-refractivity contribution < 1.29 is 4.74 Å². The molecule has 3 heteroatoms. The summed E-state index contributed by atoms with van der Waals surface area (Å²) in [5.74, 6) is 0.931. The molecular weight excluding hydrogens is 236 g/mol. The summed E-state index contributed by atoms with van der Waals surface area (Å²) in [7, 11) is 1.70. The largest absolute Gasteiger partial charge is 0.496 e. The van der Waals surface area contributed by atoms with Crippen LogP contribution in [0.4, 0.5) is 11.4 Å². The molecule has 0 fully saturated rings. The lowest BCUT2D eigenvalue weighted by Crippen LogP contribution is -2.04. The summed E-state index contributed by atoms with van der Waals surface area (Å²) >= 11 is 0. The molecule has 3 N–H and O–H groups in total. The Balaban J connectivity index is 2.16. The first-order chi connectivity index (χ1) is 9.11. The maximum Gasteiger partial charge on any atom is 0.122 e. The van der Waals surface area contributed by atoms with Gasteiger partial charge in [-0.25, -0.2) is 0 Å². The minimum absolute atomic E-state index is 0.755. The average Bonchev–Trinajstić information content (AvgIpc) is 2.41. The van der Waals surface area contributed by atoms with Gasteiger partial charge in [0.1, 0.15) is 5.75 Å². The Morgan fingerprint density at radius 2 is 1.84 bits per heavy atom. The molecule has 0 aliphatic heterocycles. The standard InChI is InChI=1S/C16H20N2O/c1-11-9-16(19-3)12(2)8-13(11)10-18-15-7-5-4-6-14(15)17/h4-9,18H,10,17H2,1-3H3. The van der Waals surface area contributed by atoms with E-state index in [1.807, 2.05) is 24.3 Å². The zero-order chi connectivity index (χ0) is 13.8. The van der Waals surface area contributed by atoms with Gasteiger partial charge in [0, 0.05) is 6.54 Å². The van der Waals surface area contributed by atoms with E-state index in [0.717, 1.165) is 29.2 Å². The van der Waals surface area contributed by atoms with Gasteiger partial charge in [-0.05, 0) is 48.7 Å². The van der Waals surface area contributed by atoms with Crippen molar-refractivity contribution >= 4 is 11.4 Å². The minimum atomic E-state index is 0.755. The molecule has 100 valence electrons. The average molecular weight is 256 g/mol. The SMILES string of the molecule is COc1cc(C)c(CNc2ccccc2N)cc1C. The van der Waals surface area contributed by atoms with Crippen molar-refractivity contribution in [3.05, 3.63) is 53.1 Å². The molecular formula is C16H20N2O. The van der Waals surface area contributed by atoms with Crippen LogP contribution in [0.15, 0.2) is 36.4 Å². The van der Waals surface area contributed by atoms with Crippen LogP contribution in [0, 0.1) is 13.8 Å². The molecule has 0 spiro atoms. The molecule has 0 saturated heterocycles. The second-order valence-corrected chi connectivity index (χ2v) is 4.69. The second-order valence-electron chi connectivity index (χ2n) is 4.69. The van der Waals surface area contributed by atoms with Crippen LogP contribution in [0.1, 0.15) is 16.7 Å². The molecule has 0 radical (unpaired) electrons. The van der Waals surface area contributed by atoms with E-state index in [9.17, 15) is 0 Å². The number of ether oxygens (including phenoxy) is 1. The zero-order valence-electron chi connectivity index (χ0n) is 11.7. The summed E-state index contributed by atoms with van der Waals surface area (Å²) in [6.45, 7) is 4.90. The smallest absolute Gasteiger partial charge is 0.122 e. The molecule has 0 aliphatic rings. The first kappa shape index (κ1) is 13.3. The Labute approximate surface area is 114 Å². The number of nitrogen functional groups attached to an aromatic ring is 1. The van der Waals surface area contributed by atoms with Crippen LogP contribution in [0.5, 0.6) is 5.75 Å². The van der Waals surface area contributed by atoms with Crippen LogP contribution >= 0.6 is 0 Å². The fourth-order valence-corrected chi connectivity index (χ4v) is 2.11. The van der Waals surface area contributed by atoms with Crippen LogP contribution in [0.3, 0.4) is 0 Å². The van der Waals surface area contributed by atoms with Crippen LogP contribution in [-0.4, -0.2) is 7.11 Å². The first-order valence-corrected chi connectivity index (χ1v) is 6.34. The monoisotopic (exact) mass is 256 g/mol. The number of hydrogen-bond acceptors (Lipinski definition) is 3. The molecule has 0 saturated carbocycles. The zero-order valence-corrected chi connectivity index (χ0v) is 11.7.